The topological polar surface area (TPSA) is 94.8 Å². The van der Waals surface area contributed by atoms with Gasteiger partial charge in [-0.25, -0.2) is 4.98 Å². The van der Waals surface area contributed by atoms with Crippen LogP contribution >= 0.6 is 11.6 Å². The molecule has 6 rings (SSSR count). The van der Waals surface area contributed by atoms with Gasteiger partial charge in [0.25, 0.3) is 11.8 Å². The van der Waals surface area contributed by atoms with E-state index < -0.39 is 0 Å². The fraction of sp³-hybridized carbons (Fsp3) is 0.265. The molecule has 43 heavy (non-hydrogen) atoms. The lowest BCUT2D eigenvalue weighted by molar-refractivity contribution is 0.0783. The predicted octanol–water partition coefficient (Wildman–Crippen LogP) is 5.05. The summed E-state index contributed by atoms with van der Waals surface area (Å²) in [5.41, 5.74) is 11.9. The minimum atomic E-state index is -0.288. The smallest absolute Gasteiger partial charge is 0.255 e. The molecule has 3 N–H and O–H groups in total. The largest absolute Gasteiger partial charge is 0.383 e. The molecule has 1 atom stereocenters. The molecule has 220 valence electrons. The Labute approximate surface area is 257 Å². The number of carbonyl (C=O) groups excluding carboxylic acids is 2. The van der Waals surface area contributed by atoms with Gasteiger partial charge in [-0.15, -0.1) is 0 Å². The lowest BCUT2D eigenvalue weighted by Crippen LogP contribution is -2.44. The number of nitrogens with one attached hydrogen (secondary N) is 1. The number of hydrogen-bond acceptors (Lipinski definition) is 6. The molecule has 0 bridgehead atoms. The molecule has 2 amide bonds. The Morgan fingerprint density at radius 2 is 1.58 bits per heavy atom. The summed E-state index contributed by atoms with van der Waals surface area (Å²) >= 11 is 6.33. The lowest BCUT2D eigenvalue weighted by Gasteiger charge is -2.34. The SMILES string of the molecule is CN1CCN(c2ccc(-c3cnc(N)c(C(=O)N[C@@H]4CCN(C(=O)c5ccc(-c6ccccc6Cl)cc5)C4)c3)cc2)CC1. The van der Waals surface area contributed by atoms with Crippen molar-refractivity contribution in [3.05, 3.63) is 101 Å². The minimum Gasteiger partial charge on any atom is -0.383 e. The van der Waals surface area contributed by atoms with Gasteiger partial charge < -0.3 is 25.8 Å². The maximum atomic E-state index is 13.3. The summed E-state index contributed by atoms with van der Waals surface area (Å²) in [5, 5.41) is 3.73. The van der Waals surface area contributed by atoms with E-state index in [-0.39, 0.29) is 23.7 Å². The third-order valence-electron chi connectivity index (χ3n) is 8.36. The van der Waals surface area contributed by atoms with Crippen molar-refractivity contribution in [3.8, 4) is 22.3 Å². The molecule has 1 aromatic heterocycles. The number of amides is 2. The number of nitrogen functional groups attached to an aromatic ring is 1. The number of pyridine rings is 1. The van der Waals surface area contributed by atoms with Crippen molar-refractivity contribution in [3.63, 3.8) is 0 Å². The van der Waals surface area contributed by atoms with E-state index in [9.17, 15) is 9.59 Å². The Hall–Kier alpha value is -4.40. The Kier molecular flexibility index (Phi) is 8.31. The molecule has 3 heterocycles. The molecule has 2 fully saturated rings. The van der Waals surface area contributed by atoms with Crippen LogP contribution < -0.4 is 16.0 Å². The van der Waals surface area contributed by atoms with Crippen LogP contribution in [0.2, 0.25) is 5.02 Å². The Morgan fingerprint density at radius 3 is 2.30 bits per heavy atom. The van der Waals surface area contributed by atoms with Crippen LogP contribution in [0.1, 0.15) is 27.1 Å². The van der Waals surface area contributed by atoms with Crippen LogP contribution in [-0.2, 0) is 0 Å². The molecule has 3 aromatic carbocycles. The van der Waals surface area contributed by atoms with Crippen molar-refractivity contribution >= 4 is 34.9 Å². The molecule has 2 aliphatic heterocycles. The summed E-state index contributed by atoms with van der Waals surface area (Å²) < 4.78 is 0. The maximum Gasteiger partial charge on any atom is 0.255 e. The minimum absolute atomic E-state index is 0.0642. The van der Waals surface area contributed by atoms with Gasteiger partial charge in [-0.2, -0.15) is 0 Å². The molecular weight excluding hydrogens is 560 g/mol. The van der Waals surface area contributed by atoms with Gasteiger partial charge >= 0.3 is 0 Å². The zero-order valence-electron chi connectivity index (χ0n) is 24.2. The van der Waals surface area contributed by atoms with Gasteiger partial charge in [0.2, 0.25) is 0 Å². The monoisotopic (exact) mass is 594 g/mol. The van der Waals surface area contributed by atoms with Crippen LogP contribution in [0.25, 0.3) is 22.3 Å². The van der Waals surface area contributed by atoms with Crippen molar-refractivity contribution in [2.45, 2.75) is 12.5 Å². The number of rotatable bonds is 6. The molecule has 9 heteroatoms. The maximum absolute atomic E-state index is 13.3. The summed E-state index contributed by atoms with van der Waals surface area (Å²) in [5.74, 6) is -0.171. The molecule has 0 unspecified atom stereocenters. The number of likely N-dealkylation sites (N-methyl/N-ethyl adjacent to an activating group) is 1. The highest BCUT2D eigenvalue weighted by molar-refractivity contribution is 6.33. The average molecular weight is 595 g/mol. The number of hydrogen-bond donors (Lipinski definition) is 2. The van der Waals surface area contributed by atoms with Crippen LogP contribution in [0.4, 0.5) is 11.5 Å². The number of piperazine rings is 1. The Morgan fingerprint density at radius 1 is 0.884 bits per heavy atom. The lowest BCUT2D eigenvalue weighted by atomic mass is 10.0. The van der Waals surface area contributed by atoms with Gasteiger partial charge in [-0.1, -0.05) is 54.1 Å². The first-order valence-corrected chi connectivity index (χ1v) is 15.0. The van der Waals surface area contributed by atoms with Crippen LogP contribution in [0.15, 0.2) is 85.1 Å². The van der Waals surface area contributed by atoms with Crippen molar-refractivity contribution in [1.82, 2.24) is 20.1 Å². The fourth-order valence-electron chi connectivity index (χ4n) is 5.74. The molecule has 2 aliphatic rings. The predicted molar refractivity (Wildman–Crippen MR) is 172 cm³/mol. The summed E-state index contributed by atoms with van der Waals surface area (Å²) in [6, 6.07) is 25.1. The number of carbonyl (C=O) groups is 2. The second kappa shape index (κ2) is 12.5. The molecule has 2 saturated heterocycles. The van der Waals surface area contributed by atoms with Gasteiger partial charge in [-0.05, 0) is 61.0 Å². The fourth-order valence-corrected chi connectivity index (χ4v) is 5.99. The van der Waals surface area contributed by atoms with E-state index in [0.29, 0.717) is 35.7 Å². The van der Waals surface area contributed by atoms with Gasteiger partial charge in [0.15, 0.2) is 0 Å². The number of nitrogens with zero attached hydrogens (tertiary/aromatic N) is 4. The van der Waals surface area contributed by atoms with Gasteiger partial charge in [0.05, 0.1) is 5.56 Å². The van der Waals surface area contributed by atoms with E-state index in [1.807, 2.05) is 48.5 Å². The quantitative estimate of drug-likeness (QED) is 0.325. The average Bonchev–Trinajstić information content (AvgIpc) is 3.50. The summed E-state index contributed by atoms with van der Waals surface area (Å²) in [7, 11) is 2.15. The molecule has 4 aromatic rings. The van der Waals surface area contributed by atoms with Crippen molar-refractivity contribution in [2.24, 2.45) is 0 Å². The molecular formula is C34H35ClN6O2. The summed E-state index contributed by atoms with van der Waals surface area (Å²) in [6.45, 7) is 5.09. The highest BCUT2D eigenvalue weighted by atomic mass is 35.5. The van der Waals surface area contributed by atoms with Crippen LogP contribution in [0, 0.1) is 0 Å². The van der Waals surface area contributed by atoms with E-state index in [1.165, 1.54) is 5.69 Å². The molecule has 0 radical (unpaired) electrons. The first-order valence-electron chi connectivity index (χ1n) is 14.6. The van der Waals surface area contributed by atoms with Crippen molar-refractivity contribution in [2.75, 3.05) is 56.9 Å². The van der Waals surface area contributed by atoms with Crippen molar-refractivity contribution < 1.29 is 9.59 Å². The standard InChI is InChI=1S/C34H35ClN6O2/c1-39-16-18-40(19-17-39)28-12-10-23(11-13-28)26-20-30(32(36)37-21-26)33(42)38-27-14-15-41(22-27)34(43)25-8-6-24(7-9-25)29-4-2-3-5-31(29)35/h2-13,20-21,27H,14-19,22H2,1H3,(H2,36,37)(H,38,42)/t27-/m1/s1. The number of anilines is 2. The molecule has 0 aliphatic carbocycles. The van der Waals surface area contributed by atoms with Gasteiger partial charge in [0.1, 0.15) is 5.82 Å². The van der Waals surface area contributed by atoms with Crippen LogP contribution in [0.5, 0.6) is 0 Å². The second-order valence-corrected chi connectivity index (χ2v) is 11.7. The van der Waals surface area contributed by atoms with Crippen molar-refractivity contribution in [1.29, 1.82) is 0 Å². The number of benzene rings is 3. The third-order valence-corrected chi connectivity index (χ3v) is 8.69. The van der Waals surface area contributed by atoms with E-state index >= 15 is 0 Å². The first kappa shape index (κ1) is 28.7. The number of halogens is 1. The van der Waals surface area contributed by atoms with Crippen LogP contribution in [0.3, 0.4) is 0 Å². The number of nitrogens with two attached hydrogens (primary N) is 1. The molecule has 8 nitrogen and oxygen atoms in total. The highest BCUT2D eigenvalue weighted by Crippen LogP contribution is 2.29. The van der Waals surface area contributed by atoms with E-state index in [2.05, 4.69) is 51.4 Å². The summed E-state index contributed by atoms with van der Waals surface area (Å²) in [6.07, 6.45) is 2.36. The van der Waals surface area contributed by atoms with Crippen LogP contribution in [-0.4, -0.2) is 79.0 Å². The molecule has 0 saturated carbocycles. The third kappa shape index (κ3) is 6.35. The van der Waals surface area contributed by atoms with Gasteiger partial charge in [-0.3, -0.25) is 9.59 Å². The van der Waals surface area contributed by atoms with E-state index in [4.69, 9.17) is 17.3 Å². The first-order chi connectivity index (χ1) is 20.9. The zero-order valence-corrected chi connectivity index (χ0v) is 24.9. The Balaban J connectivity index is 1.08. The number of likely N-dealkylation sites (tertiary alicyclic amines) is 1. The normalized spacial score (nSPS) is 17.2. The molecule has 0 spiro atoms. The van der Waals surface area contributed by atoms with E-state index in [0.717, 1.165) is 48.4 Å². The zero-order chi connectivity index (χ0) is 29.9. The highest BCUT2D eigenvalue weighted by Gasteiger charge is 2.29. The number of aromatic nitrogens is 1. The van der Waals surface area contributed by atoms with Gasteiger partial charge in [0, 0.05) is 78.9 Å². The van der Waals surface area contributed by atoms with E-state index in [1.54, 1.807) is 17.2 Å². The Bertz CT molecular complexity index is 1620. The summed E-state index contributed by atoms with van der Waals surface area (Å²) in [4.78, 5) is 37.3. The second-order valence-electron chi connectivity index (χ2n) is 11.3.